The molecule has 4 bridgehead atoms. The Kier molecular flexibility index (Phi) is 3.61. The molecule has 4 fully saturated rings. The van der Waals surface area contributed by atoms with Crippen LogP contribution in [0.25, 0.3) is 0 Å². The molecule has 0 spiro atoms. The van der Waals surface area contributed by atoms with Crippen LogP contribution in [0, 0.1) is 23.7 Å². The molecular weight excluding hydrogens is 286 g/mol. The molecule has 0 unspecified atom stereocenters. The fourth-order valence-electron chi connectivity index (χ4n) is 6.10. The van der Waals surface area contributed by atoms with E-state index in [0.717, 1.165) is 61.7 Å². The van der Waals surface area contributed by atoms with E-state index in [0.29, 0.717) is 0 Å². The molecule has 4 heteroatoms. The fourth-order valence-corrected chi connectivity index (χ4v) is 6.10. The minimum absolute atomic E-state index is 0.749. The second kappa shape index (κ2) is 5.80. The summed E-state index contributed by atoms with van der Waals surface area (Å²) < 4.78 is 8.04. The molecular formula is C19H29N3O. The van der Waals surface area contributed by atoms with Gasteiger partial charge in [0.1, 0.15) is 6.61 Å². The Balaban J connectivity index is 1.12. The fraction of sp³-hybridized carbons (Fsp3) is 0.842. The smallest absolute Gasteiger partial charge is 0.233 e. The molecule has 6 rings (SSSR count). The highest BCUT2D eigenvalue weighted by atomic mass is 16.5. The van der Waals surface area contributed by atoms with Crippen molar-refractivity contribution in [1.82, 2.24) is 15.1 Å². The highest BCUT2D eigenvalue weighted by molar-refractivity contribution is 5.16. The van der Waals surface area contributed by atoms with Crippen molar-refractivity contribution in [2.24, 2.45) is 23.7 Å². The first-order valence-corrected chi connectivity index (χ1v) is 9.78. The lowest BCUT2D eigenvalue weighted by Crippen LogP contribution is -2.55. The predicted octanol–water partition coefficient (Wildman–Crippen LogP) is 3.01. The maximum absolute atomic E-state index is 5.91. The number of nitrogens with zero attached hydrogens (tertiary/aromatic N) is 2. The molecule has 4 saturated carbocycles. The number of fused-ring (bicyclic) bond motifs is 1. The summed E-state index contributed by atoms with van der Waals surface area (Å²) in [5.74, 6) is 4.85. The summed E-state index contributed by atoms with van der Waals surface area (Å²) in [5.41, 5.74) is 1.35. The molecule has 1 aromatic rings. The van der Waals surface area contributed by atoms with Crippen LogP contribution in [0.2, 0.25) is 0 Å². The summed E-state index contributed by atoms with van der Waals surface area (Å²) in [5, 5.41) is 8.41. The van der Waals surface area contributed by atoms with Gasteiger partial charge in [-0.2, -0.15) is 0 Å². The second-order valence-electron chi connectivity index (χ2n) is 8.41. The van der Waals surface area contributed by atoms with Gasteiger partial charge in [0.15, 0.2) is 0 Å². The quantitative estimate of drug-likeness (QED) is 0.849. The first-order chi connectivity index (χ1) is 11.3. The van der Waals surface area contributed by atoms with E-state index in [-0.39, 0.29) is 0 Å². The summed E-state index contributed by atoms with van der Waals surface area (Å²) in [6.07, 6.45) is 11.2. The van der Waals surface area contributed by atoms with Crippen LogP contribution < -0.4 is 10.1 Å². The van der Waals surface area contributed by atoms with Gasteiger partial charge in [-0.1, -0.05) is 0 Å². The Bertz CT molecular complexity index is 515. The molecule has 0 aromatic carbocycles. The van der Waals surface area contributed by atoms with Gasteiger partial charge in [0.25, 0.3) is 0 Å². The minimum Gasteiger partial charge on any atom is -0.475 e. The number of ether oxygens (including phenoxy) is 1. The summed E-state index contributed by atoms with van der Waals surface area (Å²) in [6, 6.07) is 2.91. The Morgan fingerprint density at radius 1 is 1.09 bits per heavy atom. The molecule has 4 aliphatic carbocycles. The van der Waals surface area contributed by atoms with E-state index in [1.54, 1.807) is 0 Å². The topological polar surface area (TPSA) is 39.1 Å². The molecule has 1 aliphatic heterocycles. The Labute approximate surface area is 139 Å². The van der Waals surface area contributed by atoms with Crippen LogP contribution in [-0.4, -0.2) is 29.0 Å². The second-order valence-corrected chi connectivity index (χ2v) is 8.41. The summed E-state index contributed by atoms with van der Waals surface area (Å²) in [7, 11) is 0. The van der Waals surface area contributed by atoms with Crippen molar-refractivity contribution in [2.75, 3.05) is 13.2 Å². The molecule has 0 amide bonds. The molecule has 0 radical (unpaired) electrons. The van der Waals surface area contributed by atoms with Crippen molar-refractivity contribution in [3.8, 4) is 5.88 Å². The molecule has 126 valence electrons. The lowest BCUT2D eigenvalue weighted by atomic mass is 9.54. The van der Waals surface area contributed by atoms with E-state index in [9.17, 15) is 0 Å². The standard InChI is InChI=1S/C19H29N3O/c1-2-5-22-17(3-1)12-18(21-22)23-6-4-20-19-15-8-13-7-14(10-15)11-16(19)9-13/h12-16,19-20H,1-11H2. The Morgan fingerprint density at radius 2 is 1.87 bits per heavy atom. The number of hydrogen-bond donors (Lipinski definition) is 1. The van der Waals surface area contributed by atoms with E-state index in [2.05, 4.69) is 21.2 Å². The molecule has 1 aromatic heterocycles. The van der Waals surface area contributed by atoms with Crippen LogP contribution in [0.4, 0.5) is 0 Å². The van der Waals surface area contributed by atoms with Crippen LogP contribution in [0.5, 0.6) is 5.88 Å². The van der Waals surface area contributed by atoms with Gasteiger partial charge in [0.2, 0.25) is 5.88 Å². The third kappa shape index (κ3) is 2.69. The number of nitrogens with one attached hydrogen (secondary N) is 1. The molecule has 4 nitrogen and oxygen atoms in total. The van der Waals surface area contributed by atoms with Gasteiger partial charge in [-0.05, 0) is 75.0 Å². The predicted molar refractivity (Wildman–Crippen MR) is 89.5 cm³/mol. The van der Waals surface area contributed by atoms with E-state index in [1.165, 1.54) is 50.6 Å². The number of rotatable bonds is 5. The van der Waals surface area contributed by atoms with Crippen molar-refractivity contribution >= 4 is 0 Å². The lowest BCUT2D eigenvalue weighted by Gasteiger charge is -2.54. The summed E-state index contributed by atoms with van der Waals surface area (Å²) >= 11 is 0. The minimum atomic E-state index is 0.749. The molecule has 23 heavy (non-hydrogen) atoms. The van der Waals surface area contributed by atoms with Crippen LogP contribution in [-0.2, 0) is 13.0 Å². The number of hydrogen-bond acceptors (Lipinski definition) is 3. The highest BCUT2D eigenvalue weighted by Crippen LogP contribution is 2.53. The summed E-state index contributed by atoms with van der Waals surface area (Å²) in [6.45, 7) is 2.78. The first kappa shape index (κ1) is 14.3. The Hall–Kier alpha value is -1.03. The monoisotopic (exact) mass is 315 g/mol. The molecule has 0 atom stereocenters. The van der Waals surface area contributed by atoms with E-state index in [4.69, 9.17) is 4.74 Å². The lowest BCUT2D eigenvalue weighted by molar-refractivity contribution is -0.0144. The average molecular weight is 315 g/mol. The van der Waals surface area contributed by atoms with Crippen LogP contribution in [0.3, 0.4) is 0 Å². The van der Waals surface area contributed by atoms with Gasteiger partial charge in [0, 0.05) is 30.9 Å². The summed E-state index contributed by atoms with van der Waals surface area (Å²) in [4.78, 5) is 0. The molecule has 0 saturated heterocycles. The van der Waals surface area contributed by atoms with Gasteiger partial charge >= 0.3 is 0 Å². The van der Waals surface area contributed by atoms with Crippen LogP contribution in [0.1, 0.15) is 50.6 Å². The largest absolute Gasteiger partial charge is 0.475 e. The number of aryl methyl sites for hydroxylation is 2. The SMILES string of the molecule is c1c(OCCNC2C3CC4CC(C3)CC2C4)nn2c1CCCC2. The van der Waals surface area contributed by atoms with Crippen LogP contribution >= 0.6 is 0 Å². The van der Waals surface area contributed by atoms with Crippen molar-refractivity contribution in [3.05, 3.63) is 11.8 Å². The van der Waals surface area contributed by atoms with E-state index < -0.39 is 0 Å². The van der Waals surface area contributed by atoms with Gasteiger partial charge in [-0.3, -0.25) is 4.68 Å². The normalized spacial score (nSPS) is 37.8. The maximum Gasteiger partial charge on any atom is 0.233 e. The van der Waals surface area contributed by atoms with Crippen molar-refractivity contribution in [1.29, 1.82) is 0 Å². The zero-order chi connectivity index (χ0) is 15.2. The van der Waals surface area contributed by atoms with Crippen molar-refractivity contribution in [2.45, 2.75) is 64.0 Å². The zero-order valence-corrected chi connectivity index (χ0v) is 14.0. The zero-order valence-electron chi connectivity index (χ0n) is 14.0. The van der Waals surface area contributed by atoms with Crippen LogP contribution in [0.15, 0.2) is 6.07 Å². The van der Waals surface area contributed by atoms with E-state index in [1.807, 2.05) is 0 Å². The van der Waals surface area contributed by atoms with Gasteiger partial charge in [-0.15, -0.1) is 5.10 Å². The highest BCUT2D eigenvalue weighted by Gasteiger charge is 2.47. The van der Waals surface area contributed by atoms with Crippen molar-refractivity contribution < 1.29 is 4.74 Å². The van der Waals surface area contributed by atoms with Gasteiger partial charge in [0.05, 0.1) is 0 Å². The van der Waals surface area contributed by atoms with Gasteiger partial charge < -0.3 is 10.1 Å². The van der Waals surface area contributed by atoms with Gasteiger partial charge in [-0.25, -0.2) is 0 Å². The molecule has 2 heterocycles. The third-order valence-electron chi connectivity index (χ3n) is 6.85. The molecule has 1 N–H and O–H groups in total. The van der Waals surface area contributed by atoms with E-state index >= 15 is 0 Å². The molecule has 5 aliphatic rings. The average Bonchev–Trinajstić information content (AvgIpc) is 2.95. The Morgan fingerprint density at radius 3 is 2.61 bits per heavy atom. The number of aromatic nitrogens is 2. The van der Waals surface area contributed by atoms with Crippen molar-refractivity contribution in [3.63, 3.8) is 0 Å². The first-order valence-electron chi connectivity index (χ1n) is 9.78. The maximum atomic E-state index is 5.91. The third-order valence-corrected chi connectivity index (χ3v) is 6.85.